The van der Waals surface area contributed by atoms with Crippen LogP contribution in [0.1, 0.15) is 10.5 Å². The van der Waals surface area contributed by atoms with E-state index >= 15 is 0 Å². The molecule has 0 aliphatic heterocycles. The molecule has 0 saturated carbocycles. The average Bonchev–Trinajstić information content (AvgIpc) is 2.44. The van der Waals surface area contributed by atoms with Crippen molar-refractivity contribution in [2.75, 3.05) is 0 Å². The molecule has 1 aromatic carbocycles. The molecule has 0 aliphatic rings. The number of hydrogen-bond acceptors (Lipinski definition) is 1. The van der Waals surface area contributed by atoms with Gasteiger partial charge in [-0.3, -0.25) is 4.79 Å². The standard InChI is InChI=1S/C10H8BrNO/c1-12-8(6-13)5-7-3-2-4-9(11)10(7)12/h2-6H,1H3. The van der Waals surface area contributed by atoms with Crippen LogP contribution in [-0.2, 0) is 7.05 Å². The molecule has 2 nitrogen and oxygen atoms in total. The SMILES string of the molecule is Cn1c(C=O)cc2cccc(Br)c21. The number of aromatic nitrogens is 1. The number of benzene rings is 1. The van der Waals surface area contributed by atoms with Gasteiger partial charge in [-0.2, -0.15) is 0 Å². The summed E-state index contributed by atoms with van der Waals surface area (Å²) >= 11 is 3.45. The van der Waals surface area contributed by atoms with Crippen LogP contribution in [0.4, 0.5) is 0 Å². The van der Waals surface area contributed by atoms with Gasteiger partial charge >= 0.3 is 0 Å². The smallest absolute Gasteiger partial charge is 0.166 e. The first kappa shape index (κ1) is 8.51. The molecule has 0 atom stereocenters. The zero-order valence-corrected chi connectivity index (χ0v) is 8.71. The van der Waals surface area contributed by atoms with E-state index in [0.29, 0.717) is 5.69 Å². The van der Waals surface area contributed by atoms with Crippen LogP contribution in [0.2, 0.25) is 0 Å². The summed E-state index contributed by atoms with van der Waals surface area (Å²) in [6, 6.07) is 7.80. The summed E-state index contributed by atoms with van der Waals surface area (Å²) in [6.45, 7) is 0. The number of aryl methyl sites for hydroxylation is 1. The van der Waals surface area contributed by atoms with Crippen molar-refractivity contribution >= 4 is 33.1 Å². The fraction of sp³-hybridized carbons (Fsp3) is 0.100. The molecule has 0 unspecified atom stereocenters. The molecular weight excluding hydrogens is 230 g/mol. The summed E-state index contributed by atoms with van der Waals surface area (Å²) < 4.78 is 2.90. The highest BCUT2D eigenvalue weighted by Crippen LogP contribution is 2.25. The molecule has 0 radical (unpaired) electrons. The predicted octanol–water partition coefficient (Wildman–Crippen LogP) is 2.75. The minimum absolute atomic E-state index is 0.696. The number of fused-ring (bicyclic) bond motifs is 1. The molecule has 2 rings (SSSR count). The van der Waals surface area contributed by atoms with Crippen molar-refractivity contribution in [2.24, 2.45) is 7.05 Å². The normalized spacial score (nSPS) is 10.6. The Kier molecular flexibility index (Phi) is 1.96. The lowest BCUT2D eigenvalue weighted by molar-refractivity contribution is 0.111. The molecule has 66 valence electrons. The molecule has 0 aliphatic carbocycles. The molecule has 1 heterocycles. The summed E-state index contributed by atoms with van der Waals surface area (Å²) in [5, 5.41) is 1.08. The van der Waals surface area contributed by atoms with Crippen molar-refractivity contribution in [1.29, 1.82) is 0 Å². The van der Waals surface area contributed by atoms with Gasteiger partial charge < -0.3 is 4.57 Å². The maximum atomic E-state index is 10.7. The summed E-state index contributed by atoms with van der Waals surface area (Å²) in [5.41, 5.74) is 1.76. The van der Waals surface area contributed by atoms with Crippen LogP contribution in [0.5, 0.6) is 0 Å². The van der Waals surface area contributed by atoms with Gasteiger partial charge in [-0.05, 0) is 28.1 Å². The fourth-order valence-electron chi connectivity index (χ4n) is 1.50. The van der Waals surface area contributed by atoms with Gasteiger partial charge in [0.15, 0.2) is 6.29 Å². The first-order valence-electron chi connectivity index (χ1n) is 3.93. The summed E-state index contributed by atoms with van der Waals surface area (Å²) in [4.78, 5) is 10.7. The molecule has 0 bridgehead atoms. The van der Waals surface area contributed by atoms with E-state index in [9.17, 15) is 4.79 Å². The van der Waals surface area contributed by atoms with E-state index in [1.165, 1.54) is 0 Å². The van der Waals surface area contributed by atoms with Crippen LogP contribution in [0, 0.1) is 0 Å². The van der Waals surface area contributed by atoms with Crippen LogP contribution in [0.25, 0.3) is 10.9 Å². The second-order valence-corrected chi connectivity index (χ2v) is 3.78. The zero-order chi connectivity index (χ0) is 9.42. The Morgan fingerprint density at radius 1 is 1.46 bits per heavy atom. The van der Waals surface area contributed by atoms with Gasteiger partial charge in [-0.25, -0.2) is 0 Å². The van der Waals surface area contributed by atoms with Gasteiger partial charge in [0, 0.05) is 16.9 Å². The number of hydrogen-bond donors (Lipinski definition) is 0. The first-order valence-corrected chi connectivity index (χ1v) is 4.72. The van der Waals surface area contributed by atoms with E-state index in [-0.39, 0.29) is 0 Å². The highest BCUT2D eigenvalue weighted by molar-refractivity contribution is 9.10. The third-order valence-electron chi connectivity index (χ3n) is 2.16. The lowest BCUT2D eigenvalue weighted by Gasteiger charge is -1.99. The van der Waals surface area contributed by atoms with Crippen LogP contribution < -0.4 is 0 Å². The van der Waals surface area contributed by atoms with Crippen molar-refractivity contribution in [3.63, 3.8) is 0 Å². The third-order valence-corrected chi connectivity index (χ3v) is 2.80. The van der Waals surface area contributed by atoms with Crippen molar-refractivity contribution in [3.05, 3.63) is 34.4 Å². The Hall–Kier alpha value is -1.09. The molecule has 0 amide bonds. The Bertz CT molecular complexity index is 473. The number of halogens is 1. The maximum absolute atomic E-state index is 10.7. The summed E-state index contributed by atoms with van der Waals surface area (Å²) in [6.07, 6.45) is 0.867. The van der Waals surface area contributed by atoms with Gasteiger partial charge in [-0.15, -0.1) is 0 Å². The lowest BCUT2D eigenvalue weighted by atomic mass is 10.2. The molecule has 1 aromatic heterocycles. The second-order valence-electron chi connectivity index (χ2n) is 2.92. The van der Waals surface area contributed by atoms with E-state index in [0.717, 1.165) is 21.7 Å². The largest absolute Gasteiger partial charge is 0.341 e. The quantitative estimate of drug-likeness (QED) is 0.700. The highest BCUT2D eigenvalue weighted by atomic mass is 79.9. The van der Waals surface area contributed by atoms with Crippen molar-refractivity contribution < 1.29 is 4.79 Å². The Morgan fingerprint density at radius 3 is 2.85 bits per heavy atom. The minimum atomic E-state index is 0.696. The fourth-order valence-corrected chi connectivity index (χ4v) is 2.15. The number of nitrogens with zero attached hydrogens (tertiary/aromatic N) is 1. The predicted molar refractivity (Wildman–Crippen MR) is 56.0 cm³/mol. The average molecular weight is 238 g/mol. The van der Waals surface area contributed by atoms with E-state index in [2.05, 4.69) is 15.9 Å². The van der Waals surface area contributed by atoms with Crippen molar-refractivity contribution in [3.8, 4) is 0 Å². The summed E-state index contributed by atoms with van der Waals surface area (Å²) in [5.74, 6) is 0. The molecule has 0 N–H and O–H groups in total. The van der Waals surface area contributed by atoms with Gasteiger partial charge in [0.05, 0.1) is 11.2 Å². The van der Waals surface area contributed by atoms with Crippen LogP contribution in [0.3, 0.4) is 0 Å². The van der Waals surface area contributed by atoms with Crippen LogP contribution in [-0.4, -0.2) is 10.9 Å². The molecular formula is C10H8BrNO. The summed E-state index contributed by atoms with van der Waals surface area (Å²) in [7, 11) is 1.89. The van der Waals surface area contributed by atoms with Crippen LogP contribution >= 0.6 is 15.9 Å². The van der Waals surface area contributed by atoms with Gasteiger partial charge in [-0.1, -0.05) is 12.1 Å². The van der Waals surface area contributed by atoms with Crippen molar-refractivity contribution in [1.82, 2.24) is 4.57 Å². The van der Waals surface area contributed by atoms with E-state index in [4.69, 9.17) is 0 Å². The molecule has 3 heteroatoms. The molecule has 0 saturated heterocycles. The number of rotatable bonds is 1. The molecule has 0 fully saturated rings. The van der Waals surface area contributed by atoms with Gasteiger partial charge in [0.2, 0.25) is 0 Å². The number of carbonyl (C=O) groups is 1. The molecule has 2 aromatic rings. The first-order chi connectivity index (χ1) is 6.24. The highest BCUT2D eigenvalue weighted by Gasteiger charge is 2.06. The third kappa shape index (κ3) is 1.20. The maximum Gasteiger partial charge on any atom is 0.166 e. The number of para-hydroxylation sites is 1. The monoisotopic (exact) mass is 237 g/mol. The van der Waals surface area contributed by atoms with E-state index in [1.807, 2.05) is 35.9 Å². The molecule has 13 heavy (non-hydrogen) atoms. The molecule has 0 spiro atoms. The van der Waals surface area contributed by atoms with Gasteiger partial charge in [0.1, 0.15) is 0 Å². The Labute approximate surface area is 84.3 Å². The number of carbonyl (C=O) groups excluding carboxylic acids is 1. The topological polar surface area (TPSA) is 22.0 Å². The van der Waals surface area contributed by atoms with E-state index < -0.39 is 0 Å². The van der Waals surface area contributed by atoms with E-state index in [1.54, 1.807) is 0 Å². The van der Waals surface area contributed by atoms with Crippen LogP contribution in [0.15, 0.2) is 28.7 Å². The lowest BCUT2D eigenvalue weighted by Crippen LogP contribution is -1.93. The number of aldehydes is 1. The van der Waals surface area contributed by atoms with Gasteiger partial charge in [0.25, 0.3) is 0 Å². The Balaban J connectivity index is 2.92. The second kappa shape index (κ2) is 3.00. The van der Waals surface area contributed by atoms with Crippen molar-refractivity contribution in [2.45, 2.75) is 0 Å². The minimum Gasteiger partial charge on any atom is -0.341 e. The Morgan fingerprint density at radius 2 is 2.23 bits per heavy atom. The zero-order valence-electron chi connectivity index (χ0n) is 7.12.